The quantitative estimate of drug-likeness (QED) is 0.130. The third-order valence-corrected chi connectivity index (χ3v) is 6.34. The predicted molar refractivity (Wildman–Crippen MR) is 135 cm³/mol. The van der Waals surface area contributed by atoms with Crippen LogP contribution in [0.5, 0.6) is 0 Å². The maximum Gasteiger partial charge on any atom is 0.133 e. The summed E-state index contributed by atoms with van der Waals surface area (Å²) in [7, 11) is 6.59. The van der Waals surface area contributed by atoms with Crippen LogP contribution in [0.1, 0.15) is 148 Å². The number of quaternary nitrogens is 1. The van der Waals surface area contributed by atoms with Crippen molar-refractivity contribution in [2.45, 2.75) is 148 Å². The first-order valence-electron chi connectivity index (χ1n) is 13.8. The molecule has 2 nitrogen and oxygen atoms in total. The number of Topliss-reactive ketones (excluding diaryl/α,β-unsaturated/α-hetero) is 1. The lowest BCUT2D eigenvalue weighted by Gasteiger charge is -2.23. The lowest BCUT2D eigenvalue weighted by molar-refractivity contribution is -0.870. The fourth-order valence-electron chi connectivity index (χ4n) is 4.28. The SMILES string of the molecule is CCCCCCCCCCCCCCCCCCCCCC(=O)CCC[N+](C)(C)C.[Cl-]. The molecule has 0 spiro atoms. The van der Waals surface area contributed by atoms with Crippen molar-refractivity contribution in [1.82, 2.24) is 0 Å². The molecule has 0 aliphatic heterocycles. The van der Waals surface area contributed by atoms with Gasteiger partial charge in [-0.2, -0.15) is 0 Å². The van der Waals surface area contributed by atoms with Crippen LogP contribution in [0.25, 0.3) is 0 Å². The minimum atomic E-state index is 0. The van der Waals surface area contributed by atoms with Crippen LogP contribution in [-0.2, 0) is 4.79 Å². The Hall–Kier alpha value is -0.0800. The molecule has 0 radical (unpaired) electrons. The number of hydrogen-bond donors (Lipinski definition) is 0. The Bertz CT molecular complexity index is 365. The van der Waals surface area contributed by atoms with E-state index in [0.29, 0.717) is 5.78 Å². The van der Waals surface area contributed by atoms with E-state index in [1.165, 1.54) is 116 Å². The maximum atomic E-state index is 11.9. The number of nitrogens with zero attached hydrogens (tertiary/aromatic N) is 1. The Labute approximate surface area is 203 Å². The first-order valence-corrected chi connectivity index (χ1v) is 13.8. The monoisotopic (exact) mass is 459 g/mol. The lowest BCUT2D eigenvalue weighted by atomic mass is 10.0. The molecule has 188 valence electrons. The van der Waals surface area contributed by atoms with Gasteiger partial charge in [0.15, 0.2) is 0 Å². The van der Waals surface area contributed by atoms with Crippen molar-refractivity contribution in [2.24, 2.45) is 0 Å². The Morgan fingerprint density at radius 1 is 0.484 bits per heavy atom. The Kier molecular flexibility index (Phi) is 26.2. The van der Waals surface area contributed by atoms with Crippen molar-refractivity contribution in [3.63, 3.8) is 0 Å². The third kappa shape index (κ3) is 29.9. The van der Waals surface area contributed by atoms with E-state index in [1.54, 1.807) is 0 Å². The second-order valence-corrected chi connectivity index (χ2v) is 10.8. The predicted octanol–water partition coefficient (Wildman–Crippen LogP) is 5.87. The molecule has 0 fully saturated rings. The van der Waals surface area contributed by atoms with Crippen molar-refractivity contribution in [1.29, 1.82) is 0 Å². The van der Waals surface area contributed by atoms with Gasteiger partial charge < -0.3 is 16.9 Å². The third-order valence-electron chi connectivity index (χ3n) is 6.34. The van der Waals surface area contributed by atoms with Gasteiger partial charge in [-0.25, -0.2) is 0 Å². The molecule has 0 unspecified atom stereocenters. The zero-order valence-electron chi connectivity index (χ0n) is 22.0. The number of halogens is 1. The summed E-state index contributed by atoms with van der Waals surface area (Å²) in [5.41, 5.74) is 0. The largest absolute Gasteiger partial charge is 1.00 e. The molecular formula is C28H58ClNO. The van der Waals surface area contributed by atoms with Gasteiger partial charge in [0.1, 0.15) is 5.78 Å². The molecule has 0 aromatic rings. The number of ketones is 1. The van der Waals surface area contributed by atoms with Gasteiger partial charge in [-0.05, 0) is 6.42 Å². The van der Waals surface area contributed by atoms with Gasteiger partial charge >= 0.3 is 0 Å². The summed E-state index contributed by atoms with van der Waals surface area (Å²) in [5.74, 6) is 0.482. The second kappa shape index (κ2) is 24.6. The van der Waals surface area contributed by atoms with Gasteiger partial charge in [0, 0.05) is 19.3 Å². The second-order valence-electron chi connectivity index (χ2n) is 10.8. The van der Waals surface area contributed by atoms with Crippen LogP contribution in [0.3, 0.4) is 0 Å². The van der Waals surface area contributed by atoms with Gasteiger partial charge in [-0.1, -0.05) is 122 Å². The molecule has 3 heteroatoms. The number of carbonyl (C=O) groups excluding carboxylic acids is 1. The number of hydrogen-bond acceptors (Lipinski definition) is 1. The van der Waals surface area contributed by atoms with E-state index in [4.69, 9.17) is 0 Å². The molecule has 0 amide bonds. The van der Waals surface area contributed by atoms with Crippen LogP contribution in [0.15, 0.2) is 0 Å². The Morgan fingerprint density at radius 2 is 0.774 bits per heavy atom. The molecule has 0 saturated heterocycles. The number of rotatable bonds is 24. The first-order chi connectivity index (χ1) is 14.5. The van der Waals surface area contributed by atoms with Crippen LogP contribution in [0.4, 0.5) is 0 Å². The molecule has 31 heavy (non-hydrogen) atoms. The lowest BCUT2D eigenvalue weighted by Crippen LogP contribution is -3.00. The van der Waals surface area contributed by atoms with Gasteiger partial charge in [0.05, 0.1) is 27.7 Å². The smallest absolute Gasteiger partial charge is 0.133 e. The summed E-state index contributed by atoms with van der Waals surface area (Å²) in [4.78, 5) is 11.9. The van der Waals surface area contributed by atoms with Crippen molar-refractivity contribution < 1.29 is 21.7 Å². The number of unbranched alkanes of at least 4 members (excludes halogenated alkanes) is 18. The summed E-state index contributed by atoms with van der Waals surface area (Å²) in [6.45, 7) is 3.40. The molecule has 0 aliphatic rings. The molecule has 0 aromatic carbocycles. The van der Waals surface area contributed by atoms with Gasteiger partial charge in [0.2, 0.25) is 0 Å². The van der Waals surface area contributed by atoms with E-state index in [9.17, 15) is 4.79 Å². The highest BCUT2D eigenvalue weighted by Gasteiger charge is 2.08. The topological polar surface area (TPSA) is 17.1 Å². The van der Waals surface area contributed by atoms with Gasteiger partial charge in [-0.15, -0.1) is 0 Å². The van der Waals surface area contributed by atoms with E-state index < -0.39 is 0 Å². The molecular weight excluding hydrogens is 402 g/mol. The molecule has 0 rings (SSSR count). The van der Waals surface area contributed by atoms with E-state index in [1.807, 2.05) is 0 Å². The Morgan fingerprint density at radius 3 is 1.10 bits per heavy atom. The molecule has 0 aliphatic carbocycles. The first kappa shape index (κ1) is 33.1. The van der Waals surface area contributed by atoms with Crippen LogP contribution >= 0.6 is 0 Å². The zero-order chi connectivity index (χ0) is 22.3. The molecule has 0 aromatic heterocycles. The molecule has 0 heterocycles. The van der Waals surface area contributed by atoms with Gasteiger partial charge in [-0.3, -0.25) is 4.79 Å². The molecule has 0 N–H and O–H groups in total. The fraction of sp³-hybridized carbons (Fsp3) is 0.964. The summed E-state index contributed by atoms with van der Waals surface area (Å²) < 4.78 is 0.965. The average molecular weight is 460 g/mol. The van der Waals surface area contributed by atoms with Crippen molar-refractivity contribution in [3.8, 4) is 0 Å². The van der Waals surface area contributed by atoms with Gasteiger partial charge in [0.25, 0.3) is 0 Å². The highest BCUT2D eigenvalue weighted by molar-refractivity contribution is 5.78. The van der Waals surface area contributed by atoms with Crippen LogP contribution < -0.4 is 12.4 Å². The van der Waals surface area contributed by atoms with Crippen LogP contribution in [-0.4, -0.2) is 38.0 Å². The summed E-state index contributed by atoms with van der Waals surface area (Å²) in [6, 6.07) is 0. The minimum Gasteiger partial charge on any atom is -1.00 e. The Balaban J connectivity index is 0. The zero-order valence-corrected chi connectivity index (χ0v) is 22.8. The van der Waals surface area contributed by atoms with Crippen LogP contribution in [0.2, 0.25) is 0 Å². The van der Waals surface area contributed by atoms with E-state index in [-0.39, 0.29) is 12.4 Å². The summed E-state index contributed by atoms with van der Waals surface area (Å²) in [5, 5.41) is 0. The van der Waals surface area contributed by atoms with E-state index in [0.717, 1.165) is 36.7 Å². The fourth-order valence-corrected chi connectivity index (χ4v) is 4.28. The van der Waals surface area contributed by atoms with Crippen molar-refractivity contribution >= 4 is 5.78 Å². The van der Waals surface area contributed by atoms with E-state index >= 15 is 0 Å². The number of carbonyl (C=O) groups is 1. The van der Waals surface area contributed by atoms with Crippen molar-refractivity contribution in [2.75, 3.05) is 27.7 Å². The molecule has 0 atom stereocenters. The average Bonchev–Trinajstić information content (AvgIpc) is 2.68. The molecule has 0 saturated carbocycles. The highest BCUT2D eigenvalue weighted by Crippen LogP contribution is 2.15. The summed E-state index contributed by atoms with van der Waals surface area (Å²) in [6.07, 6.45) is 29.3. The highest BCUT2D eigenvalue weighted by atomic mass is 35.5. The summed E-state index contributed by atoms with van der Waals surface area (Å²) >= 11 is 0. The molecule has 0 bridgehead atoms. The van der Waals surface area contributed by atoms with Crippen LogP contribution in [0, 0.1) is 0 Å². The minimum absolute atomic E-state index is 0. The van der Waals surface area contributed by atoms with E-state index in [2.05, 4.69) is 28.1 Å². The maximum absolute atomic E-state index is 11.9. The standard InChI is InChI=1S/C28H58NO.ClH/c1-5-6-7-8-9-10-11-12-13-14-15-16-17-18-19-20-21-22-23-25-28(30)26-24-27-29(2,3)4;/h5-27H2,1-4H3;1H/q+1;/p-1. The van der Waals surface area contributed by atoms with Crippen molar-refractivity contribution in [3.05, 3.63) is 0 Å². The normalized spacial score (nSPS) is 11.5.